The van der Waals surface area contributed by atoms with Crippen molar-refractivity contribution >= 4 is 45.8 Å². The molecule has 0 aliphatic carbocycles. The van der Waals surface area contributed by atoms with Gasteiger partial charge >= 0.3 is 5.69 Å². The Morgan fingerprint density at radius 3 is 2.54 bits per heavy atom. The lowest BCUT2D eigenvalue weighted by molar-refractivity contribution is -0.0527. The number of hydrogen-bond donors (Lipinski definition) is 3. The van der Waals surface area contributed by atoms with Crippen LogP contribution in [0.5, 0.6) is 5.75 Å². The molecular formula is C15H15Cl2IN2O6. The number of nitrogens with zero attached hydrogens (tertiary/aromatic N) is 1. The van der Waals surface area contributed by atoms with Crippen LogP contribution >= 0.6 is 45.8 Å². The van der Waals surface area contributed by atoms with Crippen LogP contribution in [-0.4, -0.2) is 39.1 Å². The highest BCUT2D eigenvalue weighted by molar-refractivity contribution is 14.1. The van der Waals surface area contributed by atoms with E-state index in [4.69, 9.17) is 42.9 Å². The van der Waals surface area contributed by atoms with Crippen molar-refractivity contribution < 1.29 is 19.7 Å². The lowest BCUT2D eigenvalue weighted by Crippen LogP contribution is -2.37. The number of hydrogen-bond acceptors (Lipinski definition) is 6. The van der Waals surface area contributed by atoms with Gasteiger partial charge in [0.15, 0.2) is 0 Å². The molecule has 0 aliphatic heterocycles. The van der Waals surface area contributed by atoms with E-state index in [1.807, 2.05) is 0 Å². The molecule has 2 aromatic rings. The van der Waals surface area contributed by atoms with Crippen molar-refractivity contribution in [3.63, 3.8) is 0 Å². The Kier molecular flexibility index (Phi) is 7.92. The summed E-state index contributed by atoms with van der Waals surface area (Å²) in [5, 5.41) is 18.9. The molecule has 8 nitrogen and oxygen atoms in total. The summed E-state index contributed by atoms with van der Waals surface area (Å²) >= 11 is 13.7. The number of ether oxygens (including phenoxy) is 2. The van der Waals surface area contributed by atoms with Gasteiger partial charge in [-0.05, 0) is 40.8 Å². The van der Waals surface area contributed by atoms with Gasteiger partial charge in [-0.2, -0.15) is 0 Å². The van der Waals surface area contributed by atoms with Crippen molar-refractivity contribution in [1.29, 1.82) is 0 Å². The fourth-order valence-corrected chi connectivity index (χ4v) is 3.00. The zero-order valence-corrected chi connectivity index (χ0v) is 16.9. The predicted molar refractivity (Wildman–Crippen MR) is 104 cm³/mol. The minimum Gasteiger partial charge on any atom is -0.486 e. The number of rotatable bonds is 8. The smallest absolute Gasteiger partial charge is 0.330 e. The van der Waals surface area contributed by atoms with Crippen molar-refractivity contribution in [2.45, 2.75) is 19.4 Å². The number of aromatic nitrogens is 2. The molecule has 3 N–H and O–H groups in total. The van der Waals surface area contributed by atoms with Crippen molar-refractivity contribution in [1.82, 2.24) is 9.55 Å². The highest BCUT2D eigenvalue weighted by Gasteiger charge is 2.16. The van der Waals surface area contributed by atoms with E-state index in [0.717, 1.165) is 4.57 Å². The average Bonchev–Trinajstić information content (AvgIpc) is 2.60. The van der Waals surface area contributed by atoms with E-state index in [1.54, 1.807) is 34.7 Å². The van der Waals surface area contributed by atoms with Crippen LogP contribution in [0.25, 0.3) is 0 Å². The molecule has 11 heteroatoms. The molecule has 1 aromatic heterocycles. The number of aliphatic hydroxyl groups excluding tert-OH is 2. The number of aromatic amines is 1. The Morgan fingerprint density at radius 1 is 1.23 bits per heavy atom. The highest BCUT2D eigenvalue weighted by atomic mass is 127. The normalized spacial score (nSPS) is 11.2. The molecular weight excluding hydrogens is 502 g/mol. The molecule has 0 radical (unpaired) electrons. The molecule has 0 spiro atoms. The summed E-state index contributed by atoms with van der Waals surface area (Å²) in [6, 6.07) is 4.66. The van der Waals surface area contributed by atoms with E-state index in [9.17, 15) is 9.59 Å². The standard InChI is InChI=1S/C15H15Cl2IN2O6/c16-8-1-2-12(10(17)3-8)25-6-11-13(18)14(23)19-15(24)20(11)7-26-9(4-21)5-22/h1-3,9,21-22H,4-7H2,(H,19,23,24). The second kappa shape index (κ2) is 9.72. The van der Waals surface area contributed by atoms with E-state index >= 15 is 0 Å². The van der Waals surface area contributed by atoms with Crippen LogP contribution in [0.1, 0.15) is 5.69 Å². The summed E-state index contributed by atoms with van der Waals surface area (Å²) in [6.45, 7) is -1.26. The molecule has 142 valence electrons. The Labute approximate surface area is 171 Å². The minimum atomic E-state index is -0.856. The molecule has 0 saturated heterocycles. The third-order valence-corrected chi connectivity index (χ3v) is 4.99. The SMILES string of the molecule is O=c1[nH]c(=O)n(COC(CO)CO)c(COc2ccc(Cl)cc2Cl)c1I. The summed E-state index contributed by atoms with van der Waals surface area (Å²) in [6.07, 6.45) is -0.856. The van der Waals surface area contributed by atoms with Gasteiger partial charge in [0.25, 0.3) is 5.56 Å². The summed E-state index contributed by atoms with van der Waals surface area (Å²) in [5.41, 5.74) is -1.00. The van der Waals surface area contributed by atoms with Gasteiger partial charge in [-0.25, -0.2) is 4.79 Å². The second-order valence-electron chi connectivity index (χ2n) is 5.09. The minimum absolute atomic E-state index is 0.134. The van der Waals surface area contributed by atoms with Crippen molar-refractivity contribution in [2.24, 2.45) is 0 Å². The monoisotopic (exact) mass is 516 g/mol. The average molecular weight is 517 g/mol. The van der Waals surface area contributed by atoms with Gasteiger partial charge in [-0.1, -0.05) is 23.2 Å². The molecule has 0 bridgehead atoms. The number of halogens is 3. The Hall–Kier alpha value is -1.11. The summed E-state index contributed by atoms with van der Waals surface area (Å²) < 4.78 is 12.3. The summed E-state index contributed by atoms with van der Waals surface area (Å²) in [5.74, 6) is 0.329. The lowest BCUT2D eigenvalue weighted by Gasteiger charge is -2.18. The zero-order chi connectivity index (χ0) is 19.3. The van der Waals surface area contributed by atoms with Crippen LogP contribution in [-0.2, 0) is 18.1 Å². The molecule has 1 aromatic carbocycles. The number of benzene rings is 1. The third-order valence-electron chi connectivity index (χ3n) is 3.35. The lowest BCUT2D eigenvalue weighted by atomic mass is 10.3. The van der Waals surface area contributed by atoms with Crippen LogP contribution in [0.2, 0.25) is 10.0 Å². The Morgan fingerprint density at radius 2 is 1.92 bits per heavy atom. The van der Waals surface area contributed by atoms with Gasteiger partial charge in [0.2, 0.25) is 0 Å². The number of aliphatic hydroxyl groups is 2. The summed E-state index contributed by atoms with van der Waals surface area (Å²) in [4.78, 5) is 26.2. The second-order valence-corrected chi connectivity index (χ2v) is 7.02. The van der Waals surface area contributed by atoms with E-state index in [0.29, 0.717) is 10.8 Å². The predicted octanol–water partition coefficient (Wildman–Crippen LogP) is 1.35. The largest absolute Gasteiger partial charge is 0.486 e. The molecule has 26 heavy (non-hydrogen) atoms. The fraction of sp³-hybridized carbons (Fsp3) is 0.333. The molecule has 2 rings (SSSR count). The van der Waals surface area contributed by atoms with Gasteiger partial charge in [0.1, 0.15) is 28.8 Å². The van der Waals surface area contributed by atoms with Crippen LogP contribution in [0, 0.1) is 3.57 Å². The van der Waals surface area contributed by atoms with E-state index < -0.39 is 30.6 Å². The van der Waals surface area contributed by atoms with Crippen molar-refractivity contribution in [2.75, 3.05) is 13.2 Å². The Balaban J connectivity index is 2.30. The van der Waals surface area contributed by atoms with E-state index in [-0.39, 0.29) is 27.6 Å². The van der Waals surface area contributed by atoms with Gasteiger partial charge in [-0.15, -0.1) is 0 Å². The van der Waals surface area contributed by atoms with Gasteiger partial charge in [-0.3, -0.25) is 14.3 Å². The van der Waals surface area contributed by atoms with Crippen LogP contribution in [0.4, 0.5) is 0 Å². The maximum atomic E-state index is 12.1. The van der Waals surface area contributed by atoms with Crippen LogP contribution in [0.3, 0.4) is 0 Å². The van der Waals surface area contributed by atoms with Gasteiger partial charge < -0.3 is 19.7 Å². The first-order valence-corrected chi connectivity index (χ1v) is 9.13. The maximum absolute atomic E-state index is 12.1. The third kappa shape index (κ3) is 5.21. The topological polar surface area (TPSA) is 114 Å². The van der Waals surface area contributed by atoms with Gasteiger partial charge in [0.05, 0.1) is 23.9 Å². The first-order valence-electron chi connectivity index (χ1n) is 7.30. The molecule has 0 unspecified atom stereocenters. The first-order chi connectivity index (χ1) is 12.4. The van der Waals surface area contributed by atoms with Crippen molar-refractivity contribution in [3.05, 3.63) is 58.3 Å². The molecule has 0 saturated carbocycles. The Bertz CT molecular complexity index is 881. The van der Waals surface area contributed by atoms with E-state index in [1.165, 1.54) is 6.07 Å². The zero-order valence-electron chi connectivity index (χ0n) is 13.2. The highest BCUT2D eigenvalue weighted by Crippen LogP contribution is 2.28. The molecule has 0 aliphatic rings. The number of nitrogens with one attached hydrogen (secondary N) is 1. The first kappa shape index (κ1) is 21.2. The van der Waals surface area contributed by atoms with Crippen LogP contribution < -0.4 is 16.0 Å². The molecule has 1 heterocycles. The quantitative estimate of drug-likeness (QED) is 0.456. The molecule has 0 amide bonds. The molecule has 0 atom stereocenters. The van der Waals surface area contributed by atoms with Crippen LogP contribution in [0.15, 0.2) is 27.8 Å². The van der Waals surface area contributed by atoms with Crippen molar-refractivity contribution in [3.8, 4) is 5.75 Å². The summed E-state index contributed by atoms with van der Waals surface area (Å²) in [7, 11) is 0. The fourth-order valence-electron chi connectivity index (χ4n) is 1.95. The number of H-pyrrole nitrogens is 1. The van der Waals surface area contributed by atoms with E-state index in [2.05, 4.69) is 4.98 Å². The van der Waals surface area contributed by atoms with Gasteiger partial charge in [0, 0.05) is 5.02 Å². The maximum Gasteiger partial charge on any atom is 0.330 e. The molecule has 0 fully saturated rings.